The van der Waals surface area contributed by atoms with E-state index in [1.165, 1.54) is 0 Å². The van der Waals surface area contributed by atoms with E-state index in [-0.39, 0.29) is 18.7 Å². The molecule has 1 aliphatic rings. The first-order valence-electron chi connectivity index (χ1n) is 5.88. The zero-order valence-corrected chi connectivity index (χ0v) is 10.4. The van der Waals surface area contributed by atoms with E-state index in [2.05, 4.69) is 5.32 Å². The van der Waals surface area contributed by atoms with Gasteiger partial charge in [-0.3, -0.25) is 4.79 Å². The molecule has 2 amide bonds. The molecule has 0 radical (unpaired) electrons. The number of hydrogen-bond acceptors (Lipinski definition) is 4. The number of nitrogens with one attached hydrogen (secondary N) is 1. The van der Waals surface area contributed by atoms with Crippen LogP contribution >= 0.6 is 0 Å². The molecule has 1 aliphatic heterocycles. The number of likely N-dealkylation sites (tertiary alicyclic amines) is 1. The van der Waals surface area contributed by atoms with E-state index in [1.807, 2.05) is 0 Å². The van der Waals surface area contributed by atoms with Crippen molar-refractivity contribution in [2.45, 2.75) is 25.9 Å². The molecule has 0 spiro atoms. The van der Waals surface area contributed by atoms with Gasteiger partial charge in [0.25, 0.3) is 0 Å². The molecule has 1 rings (SSSR count). The van der Waals surface area contributed by atoms with Crippen LogP contribution in [0, 0.1) is 0 Å². The summed E-state index contributed by atoms with van der Waals surface area (Å²) in [6.45, 7) is 3.31. The Morgan fingerprint density at radius 2 is 2.00 bits per heavy atom. The van der Waals surface area contributed by atoms with Crippen LogP contribution in [0.3, 0.4) is 0 Å². The number of amides is 2. The molecular weight excluding hydrogens is 224 g/mol. The topological polar surface area (TPSA) is 67.9 Å². The van der Waals surface area contributed by atoms with Crippen LogP contribution in [0.4, 0.5) is 4.79 Å². The van der Waals surface area contributed by atoms with Gasteiger partial charge in [0.15, 0.2) is 0 Å². The van der Waals surface area contributed by atoms with Crippen molar-refractivity contribution in [2.24, 2.45) is 0 Å². The van der Waals surface area contributed by atoms with E-state index in [1.54, 1.807) is 18.9 Å². The van der Waals surface area contributed by atoms with Crippen LogP contribution in [0.1, 0.15) is 19.8 Å². The highest BCUT2D eigenvalue weighted by molar-refractivity contribution is 5.80. The third-order valence-corrected chi connectivity index (χ3v) is 2.75. The Labute approximate surface area is 101 Å². The Balaban J connectivity index is 2.22. The summed E-state index contributed by atoms with van der Waals surface area (Å²) in [6, 6.07) is -0.215. The van der Waals surface area contributed by atoms with Crippen molar-refractivity contribution in [3.63, 3.8) is 0 Å². The average molecular weight is 244 g/mol. The van der Waals surface area contributed by atoms with E-state index >= 15 is 0 Å². The maximum Gasteiger partial charge on any atom is 0.325 e. The first-order chi connectivity index (χ1) is 8.17. The number of methoxy groups -OCH3 is 1. The van der Waals surface area contributed by atoms with Gasteiger partial charge < -0.3 is 19.7 Å². The Kier molecular flexibility index (Phi) is 5.76. The second-order valence-electron chi connectivity index (χ2n) is 3.89. The lowest BCUT2D eigenvalue weighted by Crippen LogP contribution is -2.47. The Morgan fingerprint density at radius 3 is 2.53 bits per heavy atom. The molecule has 1 saturated heterocycles. The quantitative estimate of drug-likeness (QED) is 0.725. The van der Waals surface area contributed by atoms with E-state index in [0.29, 0.717) is 19.7 Å². The van der Waals surface area contributed by atoms with Gasteiger partial charge in [0.1, 0.15) is 6.54 Å². The van der Waals surface area contributed by atoms with Crippen LogP contribution in [-0.4, -0.2) is 56.4 Å². The molecular formula is C11H20N2O4. The van der Waals surface area contributed by atoms with Crippen molar-refractivity contribution >= 4 is 12.0 Å². The second-order valence-corrected chi connectivity index (χ2v) is 3.89. The molecule has 0 saturated carbocycles. The first kappa shape index (κ1) is 13.8. The highest BCUT2D eigenvalue weighted by Crippen LogP contribution is 2.12. The molecule has 6 heteroatoms. The third-order valence-electron chi connectivity index (χ3n) is 2.75. The minimum absolute atomic E-state index is 0.0725. The van der Waals surface area contributed by atoms with Crippen LogP contribution in [0.15, 0.2) is 0 Å². The van der Waals surface area contributed by atoms with Gasteiger partial charge >= 0.3 is 12.0 Å². The second kappa shape index (κ2) is 7.11. The Hall–Kier alpha value is -1.30. The summed E-state index contributed by atoms with van der Waals surface area (Å²) in [7, 11) is 1.68. The van der Waals surface area contributed by atoms with Crippen LogP contribution in [-0.2, 0) is 14.3 Å². The van der Waals surface area contributed by atoms with E-state index in [4.69, 9.17) is 9.47 Å². The summed E-state index contributed by atoms with van der Waals surface area (Å²) < 4.78 is 9.94. The highest BCUT2D eigenvalue weighted by atomic mass is 16.5. The summed E-state index contributed by atoms with van der Waals surface area (Å²) in [6.07, 6.45) is 1.91. The summed E-state index contributed by atoms with van der Waals surface area (Å²) in [5, 5.41) is 2.54. The maximum atomic E-state index is 11.7. The lowest BCUT2D eigenvalue weighted by atomic mass is 10.1. The number of ether oxygens (including phenoxy) is 2. The van der Waals surface area contributed by atoms with Gasteiger partial charge in [-0.2, -0.15) is 0 Å². The average Bonchev–Trinajstić information content (AvgIpc) is 2.36. The first-order valence-corrected chi connectivity index (χ1v) is 5.88. The van der Waals surface area contributed by atoms with Crippen molar-refractivity contribution in [1.29, 1.82) is 0 Å². The van der Waals surface area contributed by atoms with Crippen molar-refractivity contribution < 1.29 is 19.1 Å². The number of carbonyl (C=O) groups excluding carboxylic acids is 2. The third kappa shape index (κ3) is 4.60. The van der Waals surface area contributed by atoms with Gasteiger partial charge in [0.05, 0.1) is 12.7 Å². The lowest BCUT2D eigenvalue weighted by molar-refractivity contribution is -0.141. The number of urea groups is 1. The van der Waals surface area contributed by atoms with Gasteiger partial charge in [0.2, 0.25) is 0 Å². The van der Waals surface area contributed by atoms with E-state index < -0.39 is 5.97 Å². The number of rotatable bonds is 4. The number of nitrogens with zero attached hydrogens (tertiary/aromatic N) is 1. The molecule has 0 unspecified atom stereocenters. The number of piperidine rings is 1. The molecule has 1 N–H and O–H groups in total. The SMILES string of the molecule is CCOC(=O)CNC(=O)N1CCC(OC)CC1. The van der Waals surface area contributed by atoms with Gasteiger partial charge in [-0.15, -0.1) is 0 Å². The predicted octanol–water partition coefficient (Wildman–Crippen LogP) is 0.370. The summed E-state index contributed by atoms with van der Waals surface area (Å²) in [4.78, 5) is 24.4. The maximum absolute atomic E-state index is 11.7. The number of carbonyl (C=O) groups is 2. The van der Waals surface area contributed by atoms with E-state index in [0.717, 1.165) is 12.8 Å². The molecule has 1 heterocycles. The highest BCUT2D eigenvalue weighted by Gasteiger charge is 2.22. The molecule has 0 aliphatic carbocycles. The predicted molar refractivity (Wildman–Crippen MR) is 61.6 cm³/mol. The molecule has 17 heavy (non-hydrogen) atoms. The zero-order chi connectivity index (χ0) is 12.7. The Bertz CT molecular complexity index is 262. The molecule has 98 valence electrons. The van der Waals surface area contributed by atoms with Gasteiger partial charge in [-0.25, -0.2) is 4.79 Å². The van der Waals surface area contributed by atoms with Crippen molar-refractivity contribution in [3.8, 4) is 0 Å². The smallest absolute Gasteiger partial charge is 0.325 e. The molecule has 0 atom stereocenters. The van der Waals surface area contributed by atoms with Crippen molar-refractivity contribution in [2.75, 3.05) is 33.4 Å². The van der Waals surface area contributed by atoms with Crippen LogP contribution in [0.25, 0.3) is 0 Å². The fraction of sp³-hybridized carbons (Fsp3) is 0.818. The minimum Gasteiger partial charge on any atom is -0.465 e. The van der Waals surface area contributed by atoms with Crippen molar-refractivity contribution in [1.82, 2.24) is 10.2 Å². The largest absolute Gasteiger partial charge is 0.465 e. The van der Waals surface area contributed by atoms with Gasteiger partial charge in [-0.05, 0) is 19.8 Å². The monoisotopic (exact) mass is 244 g/mol. The number of esters is 1. The van der Waals surface area contributed by atoms with E-state index in [9.17, 15) is 9.59 Å². The fourth-order valence-corrected chi connectivity index (χ4v) is 1.77. The van der Waals surface area contributed by atoms with Gasteiger partial charge in [0, 0.05) is 20.2 Å². The molecule has 0 bridgehead atoms. The molecule has 0 aromatic carbocycles. The van der Waals surface area contributed by atoms with Crippen molar-refractivity contribution in [3.05, 3.63) is 0 Å². The van der Waals surface area contributed by atoms with Gasteiger partial charge in [-0.1, -0.05) is 0 Å². The number of hydrogen-bond donors (Lipinski definition) is 1. The summed E-state index contributed by atoms with van der Waals surface area (Å²) in [5.74, 6) is -0.410. The molecule has 0 aromatic rings. The molecule has 6 nitrogen and oxygen atoms in total. The zero-order valence-electron chi connectivity index (χ0n) is 10.4. The lowest BCUT2D eigenvalue weighted by Gasteiger charge is -2.31. The van der Waals surface area contributed by atoms with Crippen LogP contribution < -0.4 is 5.32 Å². The fourth-order valence-electron chi connectivity index (χ4n) is 1.77. The summed E-state index contributed by atoms with van der Waals surface area (Å²) in [5.41, 5.74) is 0. The van der Waals surface area contributed by atoms with Crippen LogP contribution in [0.2, 0.25) is 0 Å². The molecule has 0 aromatic heterocycles. The Morgan fingerprint density at radius 1 is 1.35 bits per heavy atom. The van der Waals surface area contributed by atoms with Crippen LogP contribution in [0.5, 0.6) is 0 Å². The molecule has 1 fully saturated rings. The summed E-state index contributed by atoms with van der Waals surface area (Å²) >= 11 is 0. The standard InChI is InChI=1S/C11H20N2O4/c1-3-17-10(14)8-12-11(15)13-6-4-9(16-2)5-7-13/h9H,3-8H2,1-2H3,(H,12,15). The normalized spacial score (nSPS) is 16.7. The minimum atomic E-state index is -0.410.